The molecule has 0 spiro atoms. The highest BCUT2D eigenvalue weighted by molar-refractivity contribution is 9.10. The molecule has 0 saturated heterocycles. The third kappa shape index (κ3) is 2.43. The summed E-state index contributed by atoms with van der Waals surface area (Å²) in [6.45, 7) is 5.07. The Kier molecular flexibility index (Phi) is 4.07. The Hall–Kier alpha value is -1.29. The van der Waals surface area contributed by atoms with Crippen molar-refractivity contribution in [1.29, 1.82) is 0 Å². The number of aryl methyl sites for hydroxylation is 2. The maximum absolute atomic E-state index is 5.45. The van der Waals surface area contributed by atoms with Crippen LogP contribution in [-0.2, 0) is 13.0 Å². The predicted molar refractivity (Wildman–Crippen MR) is 77.0 cm³/mol. The molecule has 0 atom stereocenters. The van der Waals surface area contributed by atoms with Crippen molar-refractivity contribution in [1.82, 2.24) is 9.78 Å². The molecule has 0 bridgehead atoms. The summed E-state index contributed by atoms with van der Waals surface area (Å²) in [5.41, 5.74) is 3.30. The molecule has 0 amide bonds. The van der Waals surface area contributed by atoms with Gasteiger partial charge in [-0.3, -0.25) is 4.68 Å². The van der Waals surface area contributed by atoms with Crippen molar-refractivity contribution in [2.24, 2.45) is 0 Å². The Morgan fingerprint density at radius 2 is 2.06 bits per heavy atom. The van der Waals surface area contributed by atoms with Crippen LogP contribution in [0, 0.1) is 0 Å². The van der Waals surface area contributed by atoms with Gasteiger partial charge in [-0.25, -0.2) is 0 Å². The summed E-state index contributed by atoms with van der Waals surface area (Å²) in [4.78, 5) is 0. The van der Waals surface area contributed by atoms with Crippen molar-refractivity contribution in [3.8, 4) is 17.0 Å². The van der Waals surface area contributed by atoms with Crippen molar-refractivity contribution in [3.63, 3.8) is 0 Å². The Morgan fingerprint density at radius 1 is 1.28 bits per heavy atom. The number of methoxy groups -OCH3 is 1. The summed E-state index contributed by atoms with van der Waals surface area (Å²) in [7, 11) is 1.69. The minimum absolute atomic E-state index is 0.856. The van der Waals surface area contributed by atoms with E-state index in [0.29, 0.717) is 0 Å². The summed E-state index contributed by atoms with van der Waals surface area (Å²) in [6.07, 6.45) is 0.943. The highest BCUT2D eigenvalue weighted by Gasteiger charge is 2.12. The second kappa shape index (κ2) is 5.57. The molecule has 0 N–H and O–H groups in total. The lowest BCUT2D eigenvalue weighted by molar-refractivity contribution is 0.415. The highest BCUT2D eigenvalue weighted by atomic mass is 79.9. The van der Waals surface area contributed by atoms with E-state index in [1.54, 1.807) is 7.11 Å². The van der Waals surface area contributed by atoms with Gasteiger partial charge in [0, 0.05) is 16.6 Å². The minimum Gasteiger partial charge on any atom is -0.496 e. The quantitative estimate of drug-likeness (QED) is 0.856. The van der Waals surface area contributed by atoms with Gasteiger partial charge >= 0.3 is 0 Å². The number of rotatable bonds is 4. The van der Waals surface area contributed by atoms with E-state index in [-0.39, 0.29) is 0 Å². The molecule has 1 aromatic carbocycles. The number of benzene rings is 1. The van der Waals surface area contributed by atoms with Crippen LogP contribution in [0.15, 0.2) is 28.7 Å². The molecule has 96 valence electrons. The molecule has 1 heterocycles. The molecule has 1 aromatic heterocycles. The fraction of sp³-hybridized carbons (Fsp3) is 0.357. The van der Waals surface area contributed by atoms with E-state index < -0.39 is 0 Å². The highest BCUT2D eigenvalue weighted by Crippen LogP contribution is 2.33. The van der Waals surface area contributed by atoms with Gasteiger partial charge in [0.1, 0.15) is 5.75 Å². The summed E-state index contributed by atoms with van der Waals surface area (Å²) in [5, 5.41) is 4.57. The van der Waals surface area contributed by atoms with Crippen LogP contribution < -0.4 is 4.74 Å². The molecule has 4 heteroatoms. The molecule has 0 saturated carbocycles. The molecule has 0 aliphatic heterocycles. The van der Waals surface area contributed by atoms with E-state index in [9.17, 15) is 0 Å². The maximum Gasteiger partial charge on any atom is 0.129 e. The van der Waals surface area contributed by atoms with Crippen molar-refractivity contribution >= 4 is 15.9 Å². The van der Waals surface area contributed by atoms with E-state index in [4.69, 9.17) is 4.74 Å². The number of hydrogen-bond donors (Lipinski definition) is 0. The molecule has 0 aliphatic rings. The van der Waals surface area contributed by atoms with Gasteiger partial charge < -0.3 is 4.74 Å². The van der Waals surface area contributed by atoms with Crippen LogP contribution in [0.4, 0.5) is 0 Å². The SMILES string of the molecule is CCc1cc(-c2ccc(Br)cc2OC)n(CC)n1. The zero-order valence-corrected chi connectivity index (χ0v) is 12.5. The monoisotopic (exact) mass is 308 g/mol. The second-order valence-electron chi connectivity index (χ2n) is 4.03. The van der Waals surface area contributed by atoms with E-state index in [0.717, 1.165) is 40.1 Å². The van der Waals surface area contributed by atoms with Crippen LogP contribution in [0.5, 0.6) is 5.75 Å². The number of nitrogens with zero attached hydrogens (tertiary/aromatic N) is 2. The van der Waals surface area contributed by atoms with Gasteiger partial charge in [-0.05, 0) is 37.6 Å². The van der Waals surface area contributed by atoms with Crippen LogP contribution in [-0.4, -0.2) is 16.9 Å². The molecule has 0 radical (unpaired) electrons. The zero-order chi connectivity index (χ0) is 13.1. The third-order valence-corrected chi connectivity index (χ3v) is 3.43. The number of ether oxygens (including phenoxy) is 1. The first-order chi connectivity index (χ1) is 8.69. The lowest BCUT2D eigenvalue weighted by Gasteiger charge is -2.10. The van der Waals surface area contributed by atoms with E-state index in [1.165, 1.54) is 0 Å². The largest absolute Gasteiger partial charge is 0.496 e. The first-order valence-corrected chi connectivity index (χ1v) is 6.89. The van der Waals surface area contributed by atoms with E-state index in [1.807, 2.05) is 16.8 Å². The number of halogens is 1. The number of aromatic nitrogens is 2. The molecule has 3 nitrogen and oxygen atoms in total. The lowest BCUT2D eigenvalue weighted by atomic mass is 10.1. The number of hydrogen-bond acceptors (Lipinski definition) is 2. The van der Waals surface area contributed by atoms with Gasteiger partial charge in [-0.15, -0.1) is 0 Å². The van der Waals surface area contributed by atoms with Gasteiger partial charge in [-0.1, -0.05) is 22.9 Å². The normalized spacial score (nSPS) is 10.7. The van der Waals surface area contributed by atoms with Gasteiger partial charge in [0.2, 0.25) is 0 Å². The van der Waals surface area contributed by atoms with E-state index in [2.05, 4.69) is 47.0 Å². The van der Waals surface area contributed by atoms with Crippen LogP contribution in [0.2, 0.25) is 0 Å². The summed E-state index contributed by atoms with van der Waals surface area (Å²) < 4.78 is 8.49. The average Bonchev–Trinajstić information content (AvgIpc) is 2.81. The summed E-state index contributed by atoms with van der Waals surface area (Å²) in [5.74, 6) is 0.863. The molecular weight excluding hydrogens is 292 g/mol. The smallest absolute Gasteiger partial charge is 0.129 e. The molecule has 18 heavy (non-hydrogen) atoms. The standard InChI is InChI=1S/C14H17BrN2O/c1-4-11-9-13(17(5-2)16-11)12-7-6-10(15)8-14(12)18-3/h6-9H,4-5H2,1-3H3. The Morgan fingerprint density at radius 3 is 2.67 bits per heavy atom. The fourth-order valence-corrected chi connectivity index (χ4v) is 2.32. The molecule has 0 aliphatic carbocycles. The topological polar surface area (TPSA) is 27.1 Å². The zero-order valence-electron chi connectivity index (χ0n) is 10.9. The lowest BCUT2D eigenvalue weighted by Crippen LogP contribution is -2.00. The Balaban J connectivity index is 2.56. The van der Waals surface area contributed by atoms with Gasteiger partial charge in [-0.2, -0.15) is 5.10 Å². The van der Waals surface area contributed by atoms with Crippen LogP contribution in [0.25, 0.3) is 11.3 Å². The molecule has 0 fully saturated rings. The summed E-state index contributed by atoms with van der Waals surface area (Å²) in [6, 6.07) is 8.20. The molecular formula is C14H17BrN2O. The van der Waals surface area contributed by atoms with Gasteiger partial charge in [0.25, 0.3) is 0 Å². The van der Waals surface area contributed by atoms with Crippen LogP contribution in [0.3, 0.4) is 0 Å². The Labute approximate surface area is 116 Å². The van der Waals surface area contributed by atoms with Crippen molar-refractivity contribution < 1.29 is 4.74 Å². The molecule has 2 aromatic rings. The molecule has 2 rings (SSSR count). The van der Waals surface area contributed by atoms with Gasteiger partial charge in [0.15, 0.2) is 0 Å². The maximum atomic E-state index is 5.45. The second-order valence-corrected chi connectivity index (χ2v) is 4.95. The minimum atomic E-state index is 0.856. The Bertz CT molecular complexity index is 549. The van der Waals surface area contributed by atoms with Crippen LogP contribution >= 0.6 is 15.9 Å². The third-order valence-electron chi connectivity index (χ3n) is 2.93. The van der Waals surface area contributed by atoms with Gasteiger partial charge in [0.05, 0.1) is 18.5 Å². The van der Waals surface area contributed by atoms with Crippen LogP contribution in [0.1, 0.15) is 19.5 Å². The summed E-state index contributed by atoms with van der Waals surface area (Å²) >= 11 is 3.46. The van der Waals surface area contributed by atoms with Crippen molar-refractivity contribution in [2.75, 3.05) is 7.11 Å². The predicted octanol–water partition coefficient (Wildman–Crippen LogP) is 3.90. The molecule has 0 unspecified atom stereocenters. The van der Waals surface area contributed by atoms with E-state index >= 15 is 0 Å². The van der Waals surface area contributed by atoms with Crippen molar-refractivity contribution in [2.45, 2.75) is 26.8 Å². The van der Waals surface area contributed by atoms with Crippen molar-refractivity contribution in [3.05, 3.63) is 34.4 Å². The fourth-order valence-electron chi connectivity index (χ4n) is 1.98. The first-order valence-electron chi connectivity index (χ1n) is 6.10. The average molecular weight is 309 g/mol. The first kappa shape index (κ1) is 13.1.